The molecular formula is C22H22N4O3. The predicted octanol–water partition coefficient (Wildman–Crippen LogP) is 3.86. The van der Waals surface area contributed by atoms with Crippen molar-refractivity contribution in [1.29, 1.82) is 0 Å². The maximum atomic E-state index is 12.6. The van der Waals surface area contributed by atoms with E-state index >= 15 is 0 Å². The predicted molar refractivity (Wildman–Crippen MR) is 111 cm³/mol. The fourth-order valence-corrected chi connectivity index (χ4v) is 2.82. The minimum absolute atomic E-state index is 0.0678. The number of benzene rings is 2. The SMILES string of the molecule is COc1ccccc1CNc1cc(C(=O)Nc2cccc(C(C)=O)c2)nc(C)n1. The average molecular weight is 390 g/mol. The molecule has 3 aromatic rings. The second kappa shape index (κ2) is 8.97. The van der Waals surface area contributed by atoms with Gasteiger partial charge in [-0.3, -0.25) is 9.59 Å². The van der Waals surface area contributed by atoms with Crippen molar-refractivity contribution in [3.63, 3.8) is 0 Å². The molecule has 1 amide bonds. The van der Waals surface area contributed by atoms with Crippen LogP contribution in [0.3, 0.4) is 0 Å². The largest absolute Gasteiger partial charge is 0.496 e. The van der Waals surface area contributed by atoms with Crippen molar-refractivity contribution < 1.29 is 14.3 Å². The molecule has 2 N–H and O–H groups in total. The molecule has 0 aliphatic heterocycles. The molecule has 0 radical (unpaired) electrons. The first kappa shape index (κ1) is 20.0. The number of anilines is 2. The summed E-state index contributed by atoms with van der Waals surface area (Å²) in [5.74, 6) is 1.33. The van der Waals surface area contributed by atoms with Crippen LogP contribution in [0.5, 0.6) is 5.75 Å². The summed E-state index contributed by atoms with van der Waals surface area (Å²) in [5.41, 5.74) is 2.26. The monoisotopic (exact) mass is 390 g/mol. The van der Waals surface area contributed by atoms with Gasteiger partial charge in [-0.05, 0) is 32.0 Å². The van der Waals surface area contributed by atoms with Crippen LogP contribution in [0.15, 0.2) is 54.6 Å². The lowest BCUT2D eigenvalue weighted by Gasteiger charge is -2.11. The van der Waals surface area contributed by atoms with Gasteiger partial charge in [0.25, 0.3) is 5.91 Å². The van der Waals surface area contributed by atoms with Gasteiger partial charge >= 0.3 is 0 Å². The van der Waals surface area contributed by atoms with Crippen LogP contribution in [0.1, 0.15) is 39.2 Å². The van der Waals surface area contributed by atoms with Crippen molar-refractivity contribution in [2.24, 2.45) is 0 Å². The molecule has 1 heterocycles. The Morgan fingerprint density at radius 2 is 1.83 bits per heavy atom. The highest BCUT2D eigenvalue weighted by molar-refractivity contribution is 6.04. The second-order valence-corrected chi connectivity index (χ2v) is 6.44. The zero-order valence-electron chi connectivity index (χ0n) is 16.5. The number of methoxy groups -OCH3 is 1. The molecule has 0 atom stereocenters. The molecule has 0 spiro atoms. The highest BCUT2D eigenvalue weighted by Crippen LogP contribution is 2.19. The number of nitrogens with one attached hydrogen (secondary N) is 2. The van der Waals surface area contributed by atoms with Crippen molar-refractivity contribution in [2.45, 2.75) is 20.4 Å². The first-order valence-electron chi connectivity index (χ1n) is 9.10. The van der Waals surface area contributed by atoms with Gasteiger partial charge in [0, 0.05) is 29.4 Å². The molecule has 1 aromatic heterocycles. The Morgan fingerprint density at radius 1 is 1.03 bits per heavy atom. The molecule has 148 valence electrons. The minimum atomic E-state index is -0.378. The molecule has 0 saturated carbocycles. The summed E-state index contributed by atoms with van der Waals surface area (Å²) in [7, 11) is 1.62. The standard InChI is InChI=1S/C22H22N4O3/c1-14(27)16-8-6-9-18(11-16)26-22(28)19-12-21(25-15(2)24-19)23-13-17-7-4-5-10-20(17)29-3/h4-12H,13H2,1-3H3,(H,26,28)(H,23,24,25). The number of nitrogens with zero attached hydrogens (tertiary/aromatic N) is 2. The van der Waals surface area contributed by atoms with Gasteiger partial charge < -0.3 is 15.4 Å². The normalized spacial score (nSPS) is 10.3. The van der Waals surface area contributed by atoms with E-state index in [1.54, 1.807) is 44.4 Å². The van der Waals surface area contributed by atoms with Gasteiger partial charge in [0.15, 0.2) is 5.78 Å². The van der Waals surface area contributed by atoms with Crippen LogP contribution in [0.4, 0.5) is 11.5 Å². The van der Waals surface area contributed by atoms with Gasteiger partial charge in [0.1, 0.15) is 23.1 Å². The molecular weight excluding hydrogens is 368 g/mol. The number of carbonyl (C=O) groups is 2. The fourth-order valence-electron chi connectivity index (χ4n) is 2.82. The number of rotatable bonds is 7. The number of aryl methyl sites for hydroxylation is 1. The third-order valence-electron chi connectivity index (χ3n) is 4.25. The van der Waals surface area contributed by atoms with E-state index in [1.807, 2.05) is 24.3 Å². The number of ketones is 1. The van der Waals surface area contributed by atoms with E-state index < -0.39 is 0 Å². The molecule has 0 fully saturated rings. The summed E-state index contributed by atoms with van der Waals surface area (Å²) in [6, 6.07) is 16.0. The summed E-state index contributed by atoms with van der Waals surface area (Å²) in [5, 5.41) is 5.97. The molecule has 3 rings (SSSR count). The highest BCUT2D eigenvalue weighted by atomic mass is 16.5. The van der Waals surface area contributed by atoms with E-state index in [-0.39, 0.29) is 17.4 Å². The quantitative estimate of drug-likeness (QED) is 0.595. The summed E-state index contributed by atoms with van der Waals surface area (Å²) in [6.07, 6.45) is 0. The molecule has 0 bridgehead atoms. The average Bonchev–Trinajstić information content (AvgIpc) is 2.72. The second-order valence-electron chi connectivity index (χ2n) is 6.44. The van der Waals surface area contributed by atoms with Gasteiger partial charge in [-0.15, -0.1) is 0 Å². The van der Waals surface area contributed by atoms with Crippen LogP contribution in [-0.4, -0.2) is 28.8 Å². The number of carbonyl (C=O) groups excluding carboxylic acids is 2. The Morgan fingerprint density at radius 3 is 2.59 bits per heavy atom. The van der Waals surface area contributed by atoms with Crippen LogP contribution >= 0.6 is 0 Å². The molecule has 29 heavy (non-hydrogen) atoms. The Hall–Kier alpha value is -3.74. The van der Waals surface area contributed by atoms with E-state index in [4.69, 9.17) is 4.74 Å². The van der Waals surface area contributed by atoms with Crippen LogP contribution in [-0.2, 0) is 6.54 Å². The van der Waals surface area contributed by atoms with Crippen molar-refractivity contribution >= 4 is 23.2 Å². The summed E-state index contributed by atoms with van der Waals surface area (Å²) in [6.45, 7) is 3.69. The maximum absolute atomic E-state index is 12.6. The van der Waals surface area contributed by atoms with E-state index in [0.29, 0.717) is 29.4 Å². The van der Waals surface area contributed by atoms with E-state index in [9.17, 15) is 9.59 Å². The van der Waals surface area contributed by atoms with E-state index in [1.165, 1.54) is 6.92 Å². The summed E-state index contributed by atoms with van der Waals surface area (Å²) < 4.78 is 5.35. The van der Waals surface area contributed by atoms with E-state index in [2.05, 4.69) is 20.6 Å². The van der Waals surface area contributed by atoms with Crippen molar-refractivity contribution in [2.75, 3.05) is 17.7 Å². The topological polar surface area (TPSA) is 93.2 Å². The molecule has 0 aliphatic carbocycles. The van der Waals surface area contributed by atoms with Crippen LogP contribution in [0.2, 0.25) is 0 Å². The fraction of sp³-hybridized carbons (Fsp3) is 0.182. The third-order valence-corrected chi connectivity index (χ3v) is 4.25. The lowest BCUT2D eigenvalue weighted by molar-refractivity contribution is 0.100. The lowest BCUT2D eigenvalue weighted by Crippen LogP contribution is -2.16. The highest BCUT2D eigenvalue weighted by Gasteiger charge is 2.12. The van der Waals surface area contributed by atoms with Crippen LogP contribution in [0.25, 0.3) is 0 Å². The molecule has 0 aliphatic rings. The molecule has 2 aromatic carbocycles. The third kappa shape index (κ3) is 5.16. The number of para-hydroxylation sites is 1. The molecule has 0 saturated heterocycles. The lowest BCUT2D eigenvalue weighted by atomic mass is 10.1. The molecule has 0 unspecified atom stereocenters. The van der Waals surface area contributed by atoms with Crippen LogP contribution < -0.4 is 15.4 Å². The zero-order valence-corrected chi connectivity index (χ0v) is 16.5. The van der Waals surface area contributed by atoms with Crippen LogP contribution in [0, 0.1) is 6.92 Å². The van der Waals surface area contributed by atoms with Gasteiger partial charge in [-0.2, -0.15) is 0 Å². The number of ether oxygens (including phenoxy) is 1. The van der Waals surface area contributed by atoms with Crippen molar-refractivity contribution in [3.8, 4) is 5.75 Å². The van der Waals surface area contributed by atoms with Gasteiger partial charge in [-0.1, -0.05) is 30.3 Å². The number of hydrogen-bond donors (Lipinski definition) is 2. The first-order valence-corrected chi connectivity index (χ1v) is 9.10. The number of amides is 1. The van der Waals surface area contributed by atoms with Gasteiger partial charge in [-0.25, -0.2) is 9.97 Å². The maximum Gasteiger partial charge on any atom is 0.274 e. The Labute approximate surface area is 169 Å². The minimum Gasteiger partial charge on any atom is -0.496 e. The summed E-state index contributed by atoms with van der Waals surface area (Å²) in [4.78, 5) is 32.7. The summed E-state index contributed by atoms with van der Waals surface area (Å²) >= 11 is 0. The molecule has 7 nitrogen and oxygen atoms in total. The first-order chi connectivity index (χ1) is 14.0. The van der Waals surface area contributed by atoms with E-state index in [0.717, 1.165) is 11.3 Å². The van der Waals surface area contributed by atoms with Gasteiger partial charge in [0.2, 0.25) is 0 Å². The zero-order chi connectivity index (χ0) is 20.8. The smallest absolute Gasteiger partial charge is 0.274 e. The Kier molecular flexibility index (Phi) is 6.19. The molecule has 7 heteroatoms. The van der Waals surface area contributed by atoms with Crippen molar-refractivity contribution in [3.05, 3.63) is 77.2 Å². The Balaban J connectivity index is 1.75. The van der Waals surface area contributed by atoms with Gasteiger partial charge in [0.05, 0.1) is 7.11 Å². The van der Waals surface area contributed by atoms with Crippen molar-refractivity contribution in [1.82, 2.24) is 9.97 Å². The number of Topliss-reactive ketones (excluding diaryl/α,β-unsaturated/α-hetero) is 1. The number of aromatic nitrogens is 2. The number of hydrogen-bond acceptors (Lipinski definition) is 6. The Bertz CT molecular complexity index is 1050.